The van der Waals surface area contributed by atoms with Crippen LogP contribution in [0.15, 0.2) is 6.33 Å². The van der Waals surface area contributed by atoms with Gasteiger partial charge in [0.15, 0.2) is 11.5 Å². The minimum Gasteiger partial charge on any atom is -0.390 e. The molecule has 20 heavy (non-hydrogen) atoms. The van der Waals surface area contributed by atoms with Crippen LogP contribution < -0.4 is 5.73 Å². The van der Waals surface area contributed by atoms with Gasteiger partial charge < -0.3 is 20.7 Å². The van der Waals surface area contributed by atoms with Gasteiger partial charge in [0, 0.05) is 6.42 Å². The van der Waals surface area contributed by atoms with Gasteiger partial charge in [-0.3, -0.25) is 4.57 Å². The molecule has 4 N–H and O–H groups in total. The zero-order valence-corrected chi connectivity index (χ0v) is 10.8. The molecule has 0 aliphatic carbocycles. The third-order valence-electron chi connectivity index (χ3n) is 3.14. The quantitative estimate of drug-likeness (QED) is 0.668. The fraction of sp³-hybridized carbons (Fsp3) is 0.500. The van der Waals surface area contributed by atoms with E-state index in [1.807, 2.05) is 0 Å². The minimum absolute atomic E-state index is 0.0580. The lowest BCUT2D eigenvalue weighted by Crippen LogP contribution is -2.31. The molecule has 1 fully saturated rings. The predicted octanol–water partition coefficient (Wildman–Crippen LogP) is -0.00180. The zero-order chi connectivity index (χ0) is 14.4. The van der Waals surface area contributed by atoms with E-state index in [0.29, 0.717) is 11.2 Å². The van der Waals surface area contributed by atoms with Crippen LogP contribution in [-0.2, 0) is 4.74 Å². The van der Waals surface area contributed by atoms with Crippen LogP contribution in [0.4, 0.5) is 10.2 Å². The number of hydrogen-bond donors (Lipinski definition) is 3. The second-order valence-corrected chi connectivity index (χ2v) is 4.77. The maximum absolute atomic E-state index is 12.9. The molecule has 0 radical (unpaired) electrons. The number of nitrogens with zero attached hydrogens (tertiary/aromatic N) is 4. The van der Waals surface area contributed by atoms with Gasteiger partial charge >= 0.3 is 0 Å². The first-order valence-electron chi connectivity index (χ1n) is 5.78. The first-order chi connectivity index (χ1) is 9.47. The molecule has 0 amide bonds. The van der Waals surface area contributed by atoms with E-state index in [2.05, 4.69) is 15.0 Å². The Balaban J connectivity index is 2.00. The molecule has 1 aliphatic rings. The van der Waals surface area contributed by atoms with E-state index in [9.17, 15) is 9.50 Å². The van der Waals surface area contributed by atoms with Crippen molar-refractivity contribution in [2.45, 2.75) is 31.2 Å². The molecule has 3 heterocycles. The Morgan fingerprint density at radius 1 is 1.55 bits per heavy atom. The Morgan fingerprint density at radius 3 is 2.95 bits per heavy atom. The number of aromatic nitrogens is 4. The number of aliphatic hydroxyl groups excluding tert-OH is 2. The number of halogens is 2. The Kier molecular flexibility index (Phi) is 3.21. The number of ether oxygens (including phenoxy) is 1. The number of nitrogen functional groups attached to an aromatic ring is 1. The number of anilines is 1. The summed E-state index contributed by atoms with van der Waals surface area (Å²) in [5.41, 5.74) is 6.31. The van der Waals surface area contributed by atoms with Gasteiger partial charge in [0.05, 0.1) is 12.4 Å². The smallest absolute Gasteiger partial charge is 0.226 e. The van der Waals surface area contributed by atoms with Crippen molar-refractivity contribution in [1.82, 2.24) is 19.5 Å². The number of imidazole rings is 1. The van der Waals surface area contributed by atoms with Gasteiger partial charge in [0.25, 0.3) is 0 Å². The van der Waals surface area contributed by atoms with Crippen molar-refractivity contribution in [1.29, 1.82) is 0 Å². The summed E-state index contributed by atoms with van der Waals surface area (Å²) in [5, 5.41) is 18.5. The SMILES string of the molecule is Nc1nc(Cl)nc2c1ncn2[C@H]1C[C@H](O)[C@@H](C(O)F)O1. The summed E-state index contributed by atoms with van der Waals surface area (Å²) >= 11 is 5.73. The summed E-state index contributed by atoms with van der Waals surface area (Å²) < 4.78 is 19.6. The molecular weight excluding hydrogens is 293 g/mol. The summed E-state index contributed by atoms with van der Waals surface area (Å²) in [5.74, 6) is 0.111. The average Bonchev–Trinajstić information content (AvgIpc) is 2.92. The first kappa shape index (κ1) is 13.4. The number of nitrogens with two attached hydrogens (primary N) is 1. The van der Waals surface area contributed by atoms with E-state index in [4.69, 9.17) is 27.2 Å². The van der Waals surface area contributed by atoms with Gasteiger partial charge in [0.2, 0.25) is 11.6 Å². The fourth-order valence-corrected chi connectivity index (χ4v) is 2.39. The molecule has 8 nitrogen and oxygen atoms in total. The van der Waals surface area contributed by atoms with Crippen molar-refractivity contribution < 1.29 is 19.3 Å². The third-order valence-corrected chi connectivity index (χ3v) is 3.31. The van der Waals surface area contributed by atoms with Crippen LogP contribution in [0.25, 0.3) is 11.2 Å². The van der Waals surface area contributed by atoms with Crippen LogP contribution in [0.2, 0.25) is 5.28 Å². The highest BCUT2D eigenvalue weighted by atomic mass is 35.5. The molecule has 108 valence electrons. The summed E-state index contributed by atoms with van der Waals surface area (Å²) in [4.78, 5) is 11.8. The molecule has 0 spiro atoms. The molecule has 4 atom stereocenters. The number of alkyl halides is 1. The predicted molar refractivity (Wildman–Crippen MR) is 66.4 cm³/mol. The minimum atomic E-state index is -2.27. The van der Waals surface area contributed by atoms with Crippen LogP contribution in [0, 0.1) is 0 Å². The highest BCUT2D eigenvalue weighted by molar-refractivity contribution is 6.28. The van der Waals surface area contributed by atoms with Crippen molar-refractivity contribution in [3.63, 3.8) is 0 Å². The highest BCUT2D eigenvalue weighted by Crippen LogP contribution is 2.33. The highest BCUT2D eigenvalue weighted by Gasteiger charge is 2.40. The Labute approximate surface area is 117 Å². The molecule has 0 saturated carbocycles. The van der Waals surface area contributed by atoms with E-state index in [1.165, 1.54) is 10.9 Å². The number of rotatable bonds is 2. The van der Waals surface area contributed by atoms with Crippen LogP contribution in [0.1, 0.15) is 12.6 Å². The Bertz CT molecular complexity index is 651. The van der Waals surface area contributed by atoms with Gasteiger partial charge in [-0.25, -0.2) is 9.37 Å². The lowest BCUT2D eigenvalue weighted by Gasteiger charge is -2.15. The zero-order valence-electron chi connectivity index (χ0n) is 10.0. The lowest BCUT2D eigenvalue weighted by molar-refractivity contribution is -0.129. The molecule has 10 heteroatoms. The average molecular weight is 304 g/mol. The standard InChI is InChI=1S/C10H11ClFN5O3/c11-10-15-8(13)5-9(16-10)17(2-14-5)4-1-3(18)6(20-4)7(12)19/h2-4,6-7,18-19H,1H2,(H2,13,15,16)/t3-,4+,6-,7?/m0/s1. The van der Waals surface area contributed by atoms with Crippen molar-refractivity contribution in [3.8, 4) is 0 Å². The molecule has 1 saturated heterocycles. The van der Waals surface area contributed by atoms with Gasteiger partial charge in [-0.1, -0.05) is 0 Å². The largest absolute Gasteiger partial charge is 0.390 e. The van der Waals surface area contributed by atoms with Gasteiger partial charge in [-0.15, -0.1) is 0 Å². The Hall–Kier alpha value is -1.55. The number of fused-ring (bicyclic) bond motifs is 1. The van der Waals surface area contributed by atoms with Crippen LogP contribution in [0.3, 0.4) is 0 Å². The van der Waals surface area contributed by atoms with Gasteiger partial charge in [-0.05, 0) is 11.6 Å². The van der Waals surface area contributed by atoms with E-state index < -0.39 is 24.8 Å². The molecule has 1 unspecified atom stereocenters. The van der Waals surface area contributed by atoms with E-state index >= 15 is 0 Å². The molecular formula is C10H11ClFN5O3. The summed E-state index contributed by atoms with van der Waals surface area (Å²) in [6.45, 7) is 0. The molecule has 3 rings (SSSR count). The van der Waals surface area contributed by atoms with Crippen molar-refractivity contribution in [2.24, 2.45) is 0 Å². The van der Waals surface area contributed by atoms with Crippen LogP contribution >= 0.6 is 11.6 Å². The van der Waals surface area contributed by atoms with Crippen LogP contribution in [-0.4, -0.2) is 48.3 Å². The molecule has 0 aromatic carbocycles. The second kappa shape index (κ2) is 4.77. The fourth-order valence-electron chi connectivity index (χ4n) is 2.22. The lowest BCUT2D eigenvalue weighted by atomic mass is 10.2. The second-order valence-electron chi connectivity index (χ2n) is 4.43. The monoisotopic (exact) mass is 303 g/mol. The summed E-state index contributed by atoms with van der Waals surface area (Å²) in [6, 6.07) is 0. The molecule has 2 aromatic heterocycles. The van der Waals surface area contributed by atoms with Gasteiger partial charge in [0.1, 0.15) is 17.8 Å². The molecule has 2 aromatic rings. The topological polar surface area (TPSA) is 119 Å². The maximum atomic E-state index is 12.9. The summed E-state index contributed by atoms with van der Waals surface area (Å²) in [6.07, 6.45) is -3.97. The summed E-state index contributed by atoms with van der Waals surface area (Å²) in [7, 11) is 0. The molecule has 1 aliphatic heterocycles. The van der Waals surface area contributed by atoms with E-state index in [0.717, 1.165) is 0 Å². The van der Waals surface area contributed by atoms with Crippen molar-refractivity contribution in [3.05, 3.63) is 11.6 Å². The van der Waals surface area contributed by atoms with Crippen LogP contribution in [0.5, 0.6) is 0 Å². The Morgan fingerprint density at radius 2 is 2.30 bits per heavy atom. The van der Waals surface area contributed by atoms with Crippen molar-refractivity contribution >= 4 is 28.6 Å². The number of hydrogen-bond acceptors (Lipinski definition) is 7. The van der Waals surface area contributed by atoms with E-state index in [1.54, 1.807) is 0 Å². The van der Waals surface area contributed by atoms with E-state index in [-0.39, 0.29) is 17.5 Å². The molecule has 0 bridgehead atoms. The third kappa shape index (κ3) is 2.08. The maximum Gasteiger partial charge on any atom is 0.226 e. The van der Waals surface area contributed by atoms with Gasteiger partial charge in [-0.2, -0.15) is 9.97 Å². The normalized spacial score (nSPS) is 28.1. The first-order valence-corrected chi connectivity index (χ1v) is 6.16. The number of aliphatic hydroxyl groups is 2. The van der Waals surface area contributed by atoms with Crippen molar-refractivity contribution in [2.75, 3.05) is 5.73 Å².